The molecule has 1 fully saturated rings. The van der Waals surface area contributed by atoms with E-state index in [2.05, 4.69) is 20.4 Å². The number of nitrogen functional groups attached to an aromatic ring is 1. The summed E-state index contributed by atoms with van der Waals surface area (Å²) in [5, 5.41) is 25.1. The summed E-state index contributed by atoms with van der Waals surface area (Å²) in [6.07, 6.45) is 3.40. The molecule has 0 radical (unpaired) electrons. The van der Waals surface area contributed by atoms with E-state index in [1.165, 1.54) is 12.4 Å². The quantitative estimate of drug-likeness (QED) is 0.178. The SMILES string of the molecule is Nc1nc(/C(=N/O)C(=O)N[C@@H]2C(=O)N3C(C(=O)O)=C(Sc4c(Cl)cncc4Cl)CCC23)c(Cl)s1. The number of carbonyl (C=O) groups is 3. The summed E-state index contributed by atoms with van der Waals surface area (Å²) in [6.45, 7) is 0. The number of thiazole rings is 1. The topological polar surface area (TPSA) is 171 Å². The van der Waals surface area contributed by atoms with Crippen LogP contribution in [0.15, 0.2) is 33.0 Å². The molecule has 2 atom stereocenters. The number of nitrogens with zero attached hydrogens (tertiary/aromatic N) is 4. The molecule has 0 spiro atoms. The molecule has 2 aromatic rings. The number of pyridine rings is 1. The summed E-state index contributed by atoms with van der Waals surface area (Å²) in [5.41, 5.74) is 4.69. The van der Waals surface area contributed by atoms with Crippen LogP contribution >= 0.6 is 57.9 Å². The smallest absolute Gasteiger partial charge is 0.353 e. The lowest BCUT2D eigenvalue weighted by Gasteiger charge is -2.50. The van der Waals surface area contributed by atoms with Crippen LogP contribution in [0.4, 0.5) is 5.13 Å². The number of thioether (sulfide) groups is 1. The first-order chi connectivity index (χ1) is 16.1. The lowest BCUT2D eigenvalue weighted by Crippen LogP contribution is -2.72. The second-order valence-electron chi connectivity index (χ2n) is 7.00. The Bertz CT molecular complexity index is 1260. The minimum absolute atomic E-state index is 0.0332. The summed E-state index contributed by atoms with van der Waals surface area (Å²) < 4.78 is 0.0332. The maximum atomic E-state index is 12.9. The Morgan fingerprint density at radius 3 is 2.53 bits per heavy atom. The molecule has 0 saturated carbocycles. The van der Waals surface area contributed by atoms with Gasteiger partial charge in [-0.25, -0.2) is 9.78 Å². The predicted octanol–water partition coefficient (Wildman–Crippen LogP) is 2.84. The van der Waals surface area contributed by atoms with Crippen LogP contribution in [0.2, 0.25) is 14.4 Å². The molecule has 178 valence electrons. The number of nitrogens with one attached hydrogen (secondary N) is 1. The zero-order valence-electron chi connectivity index (χ0n) is 16.7. The van der Waals surface area contributed by atoms with Crippen LogP contribution in [-0.4, -0.2) is 60.8 Å². The number of rotatable bonds is 6. The Kier molecular flexibility index (Phi) is 6.92. The number of hydrogen-bond acceptors (Lipinski definition) is 10. The zero-order valence-corrected chi connectivity index (χ0v) is 20.6. The van der Waals surface area contributed by atoms with Gasteiger partial charge in [0.15, 0.2) is 10.8 Å². The molecule has 11 nitrogen and oxygen atoms in total. The van der Waals surface area contributed by atoms with E-state index in [1.54, 1.807) is 0 Å². The van der Waals surface area contributed by atoms with Crippen LogP contribution < -0.4 is 11.1 Å². The normalized spacial score (nSPS) is 20.1. The van der Waals surface area contributed by atoms with Crippen molar-refractivity contribution in [3.8, 4) is 0 Å². The number of carboxylic acid groups (broad SMARTS) is 1. The first kappa shape index (κ1) is 24.5. The Balaban J connectivity index is 1.56. The summed E-state index contributed by atoms with van der Waals surface area (Å²) in [4.78, 5) is 47.3. The van der Waals surface area contributed by atoms with Gasteiger partial charge >= 0.3 is 5.97 Å². The minimum atomic E-state index is -1.31. The number of amides is 2. The Morgan fingerprint density at radius 1 is 1.29 bits per heavy atom. The molecule has 0 bridgehead atoms. The second-order valence-corrected chi connectivity index (χ2v) is 10.6. The lowest BCUT2D eigenvalue weighted by molar-refractivity contribution is -0.155. The maximum absolute atomic E-state index is 12.9. The van der Waals surface area contributed by atoms with Gasteiger partial charge in [0.1, 0.15) is 21.8 Å². The highest BCUT2D eigenvalue weighted by Gasteiger charge is 2.54. The molecule has 2 amide bonds. The van der Waals surface area contributed by atoms with Crippen LogP contribution in [0.25, 0.3) is 0 Å². The predicted molar refractivity (Wildman–Crippen MR) is 126 cm³/mol. The second kappa shape index (κ2) is 9.58. The van der Waals surface area contributed by atoms with Crippen LogP contribution in [-0.2, 0) is 14.4 Å². The third kappa shape index (κ3) is 4.29. The summed E-state index contributed by atoms with van der Waals surface area (Å²) >= 11 is 20.2. The van der Waals surface area contributed by atoms with E-state index in [4.69, 9.17) is 40.5 Å². The Morgan fingerprint density at radius 2 is 1.97 bits per heavy atom. The number of β-lactam (4-membered cyclic amide) rings is 1. The summed E-state index contributed by atoms with van der Waals surface area (Å²) in [7, 11) is 0. The standard InChI is InChI=1S/C18H13Cl3N6O5S2/c19-5-3-23-4-6(20)13(5)33-8-2-1-7-9(16(29)27(7)12(8)17(30)31)24-15(28)11(26-32)10-14(21)34-18(22)25-10/h3-4,7,9,32H,1-2H2,(H2,22,25)(H,24,28)(H,30,31)/b26-11-/t7?,9-/m0/s1. The van der Waals surface area contributed by atoms with E-state index in [-0.39, 0.29) is 37.3 Å². The van der Waals surface area contributed by atoms with Gasteiger partial charge in [0.2, 0.25) is 0 Å². The van der Waals surface area contributed by atoms with Gasteiger partial charge in [0.25, 0.3) is 11.8 Å². The van der Waals surface area contributed by atoms with Gasteiger partial charge in [-0.2, -0.15) is 0 Å². The largest absolute Gasteiger partial charge is 0.477 e. The third-order valence-corrected chi connectivity index (χ3v) is 8.23. The molecule has 2 aliphatic heterocycles. The minimum Gasteiger partial charge on any atom is -0.477 e. The third-order valence-electron chi connectivity index (χ3n) is 5.06. The highest BCUT2D eigenvalue weighted by molar-refractivity contribution is 8.03. The molecular weight excluding hydrogens is 551 g/mol. The van der Waals surface area contributed by atoms with Crippen molar-refractivity contribution >= 4 is 86.5 Å². The summed E-state index contributed by atoms with van der Waals surface area (Å²) in [6, 6.07) is -1.65. The highest BCUT2D eigenvalue weighted by atomic mass is 35.5. The van der Waals surface area contributed by atoms with Crippen LogP contribution in [0.1, 0.15) is 18.5 Å². The molecule has 2 aliphatic rings. The van der Waals surface area contributed by atoms with Gasteiger partial charge in [-0.15, -0.1) is 0 Å². The number of nitrogens with two attached hydrogens (primary N) is 1. The first-order valence-corrected chi connectivity index (χ1v) is 12.1. The molecule has 34 heavy (non-hydrogen) atoms. The van der Waals surface area contributed by atoms with Crippen molar-refractivity contribution in [1.29, 1.82) is 0 Å². The van der Waals surface area contributed by atoms with Crippen molar-refractivity contribution < 1.29 is 24.7 Å². The molecule has 1 saturated heterocycles. The molecule has 5 N–H and O–H groups in total. The van der Waals surface area contributed by atoms with Gasteiger partial charge < -0.3 is 21.4 Å². The molecule has 4 rings (SSSR count). The fourth-order valence-electron chi connectivity index (χ4n) is 3.62. The zero-order chi connectivity index (χ0) is 24.7. The lowest BCUT2D eigenvalue weighted by atomic mass is 9.86. The van der Waals surface area contributed by atoms with E-state index in [0.29, 0.717) is 16.2 Å². The molecular formula is C18H13Cl3N6O5S2. The van der Waals surface area contributed by atoms with Gasteiger partial charge in [0, 0.05) is 17.3 Å². The van der Waals surface area contributed by atoms with E-state index >= 15 is 0 Å². The van der Waals surface area contributed by atoms with E-state index in [9.17, 15) is 24.7 Å². The molecule has 16 heteroatoms. The number of hydrogen-bond donors (Lipinski definition) is 4. The molecule has 2 aromatic heterocycles. The number of anilines is 1. The average molecular weight is 564 g/mol. The highest BCUT2D eigenvalue weighted by Crippen LogP contribution is 2.46. The Hall–Kier alpha value is -2.58. The van der Waals surface area contributed by atoms with Crippen molar-refractivity contribution in [2.24, 2.45) is 5.16 Å². The number of halogens is 3. The van der Waals surface area contributed by atoms with Gasteiger partial charge in [-0.05, 0) is 12.8 Å². The van der Waals surface area contributed by atoms with Gasteiger partial charge in [-0.1, -0.05) is 63.1 Å². The van der Waals surface area contributed by atoms with Crippen LogP contribution in [0, 0.1) is 0 Å². The van der Waals surface area contributed by atoms with E-state index in [1.807, 2.05) is 0 Å². The van der Waals surface area contributed by atoms with E-state index in [0.717, 1.165) is 28.0 Å². The summed E-state index contributed by atoms with van der Waals surface area (Å²) in [5.74, 6) is -2.86. The van der Waals surface area contributed by atoms with Crippen molar-refractivity contribution in [3.63, 3.8) is 0 Å². The first-order valence-electron chi connectivity index (χ1n) is 9.35. The van der Waals surface area contributed by atoms with Crippen molar-refractivity contribution in [2.75, 3.05) is 5.73 Å². The number of allylic oxidation sites excluding steroid dienone is 1. The molecule has 4 heterocycles. The number of carboxylic acids is 1. The van der Waals surface area contributed by atoms with Crippen molar-refractivity contribution in [1.82, 2.24) is 20.2 Å². The number of oxime groups is 1. The number of carbonyl (C=O) groups excluding carboxylic acids is 2. The molecule has 0 aliphatic carbocycles. The number of aliphatic carboxylic acids is 1. The van der Waals surface area contributed by atoms with Crippen molar-refractivity contribution in [2.45, 2.75) is 29.8 Å². The van der Waals surface area contributed by atoms with Crippen molar-refractivity contribution in [3.05, 3.63) is 43.1 Å². The molecule has 0 aromatic carbocycles. The van der Waals surface area contributed by atoms with E-state index < -0.39 is 35.6 Å². The number of aromatic nitrogens is 2. The maximum Gasteiger partial charge on any atom is 0.353 e. The van der Waals surface area contributed by atoms with Gasteiger partial charge in [0.05, 0.1) is 21.0 Å². The van der Waals surface area contributed by atoms with Crippen LogP contribution in [0.5, 0.6) is 0 Å². The van der Waals surface area contributed by atoms with Gasteiger partial charge in [-0.3, -0.25) is 19.5 Å². The fourth-order valence-corrected chi connectivity index (χ4v) is 6.19. The molecule has 1 unspecified atom stereocenters. The average Bonchev–Trinajstić information content (AvgIpc) is 3.12. The Labute approximate surface area is 214 Å². The number of fused-ring (bicyclic) bond motifs is 1. The monoisotopic (exact) mass is 562 g/mol. The van der Waals surface area contributed by atoms with Crippen LogP contribution in [0.3, 0.4) is 0 Å². The fraction of sp³-hybridized carbons (Fsp3) is 0.222.